The lowest BCUT2D eigenvalue weighted by molar-refractivity contribution is 0.0957. The molecule has 1 aromatic carbocycles. The summed E-state index contributed by atoms with van der Waals surface area (Å²) < 4.78 is 0. The van der Waals surface area contributed by atoms with Crippen molar-refractivity contribution in [3.05, 3.63) is 48.2 Å². The lowest BCUT2D eigenvalue weighted by Gasteiger charge is -2.23. The van der Waals surface area contributed by atoms with Crippen molar-refractivity contribution in [3.63, 3.8) is 0 Å². The number of anilines is 2. The minimum absolute atomic E-state index is 0.248. The average Bonchev–Trinajstić information content (AvgIpc) is 2.56. The number of nitrogens with one attached hydrogen (secondary N) is 1. The Morgan fingerprint density at radius 1 is 1.19 bits per heavy atom. The van der Waals surface area contributed by atoms with Gasteiger partial charge in [0.05, 0.1) is 0 Å². The molecule has 0 saturated heterocycles. The normalized spacial score (nSPS) is 10.2. The highest BCUT2D eigenvalue weighted by Gasteiger charge is 2.12. The Morgan fingerprint density at radius 2 is 1.95 bits per heavy atom. The van der Waals surface area contributed by atoms with Crippen LogP contribution in [0, 0.1) is 0 Å². The minimum atomic E-state index is -0.248. The van der Waals surface area contributed by atoms with Crippen LogP contribution >= 0.6 is 0 Å². The number of nitrogens with zero attached hydrogens (tertiary/aromatic N) is 3. The van der Waals surface area contributed by atoms with Gasteiger partial charge in [-0.1, -0.05) is 18.2 Å². The Balaban J connectivity index is 2.26. The van der Waals surface area contributed by atoms with Crippen LogP contribution in [0.4, 0.5) is 11.5 Å². The third-order valence-electron chi connectivity index (χ3n) is 3.04. The molecule has 1 heterocycles. The molecule has 0 aliphatic carbocycles. The third-order valence-corrected chi connectivity index (χ3v) is 3.04. The van der Waals surface area contributed by atoms with Gasteiger partial charge >= 0.3 is 0 Å². The quantitative estimate of drug-likeness (QED) is 0.836. The summed E-state index contributed by atoms with van der Waals surface area (Å²) in [4.78, 5) is 13.5. The molecule has 110 valence electrons. The maximum absolute atomic E-state index is 11.5. The van der Waals surface area contributed by atoms with E-state index < -0.39 is 0 Å². The highest BCUT2D eigenvalue weighted by molar-refractivity contribution is 5.91. The molecule has 6 heteroatoms. The second-order valence-corrected chi connectivity index (χ2v) is 4.49. The van der Waals surface area contributed by atoms with Gasteiger partial charge in [-0.05, 0) is 37.2 Å². The van der Waals surface area contributed by atoms with E-state index in [0.717, 1.165) is 18.7 Å². The van der Waals surface area contributed by atoms with Crippen LogP contribution in [0.25, 0.3) is 0 Å². The van der Waals surface area contributed by atoms with Gasteiger partial charge in [-0.15, -0.1) is 10.2 Å². The second kappa shape index (κ2) is 7.35. The molecule has 0 aliphatic rings. The molecule has 2 rings (SSSR count). The Morgan fingerprint density at radius 3 is 2.52 bits per heavy atom. The molecule has 0 bridgehead atoms. The maximum atomic E-state index is 11.5. The second-order valence-electron chi connectivity index (χ2n) is 4.49. The highest BCUT2D eigenvalue weighted by atomic mass is 16.1. The third kappa shape index (κ3) is 3.76. The first-order chi connectivity index (χ1) is 10.3. The first-order valence-electron chi connectivity index (χ1n) is 6.84. The van der Waals surface area contributed by atoms with Crippen LogP contribution < -0.4 is 16.0 Å². The minimum Gasteiger partial charge on any atom is -0.354 e. The molecule has 0 atom stereocenters. The van der Waals surface area contributed by atoms with Gasteiger partial charge in [0, 0.05) is 19.3 Å². The number of carbonyl (C=O) groups is 1. The molecule has 3 N–H and O–H groups in total. The smallest absolute Gasteiger partial charge is 0.271 e. The molecule has 0 unspecified atom stereocenters. The monoisotopic (exact) mass is 285 g/mol. The zero-order chi connectivity index (χ0) is 15.1. The number of hydrogen-bond acceptors (Lipinski definition) is 5. The Bertz CT molecular complexity index is 570. The summed E-state index contributed by atoms with van der Waals surface area (Å²) in [7, 11) is 1.56. The average molecular weight is 285 g/mol. The summed E-state index contributed by atoms with van der Waals surface area (Å²) in [6, 6.07) is 13.4. The zero-order valence-corrected chi connectivity index (χ0v) is 12.0. The molecule has 0 fully saturated rings. The largest absolute Gasteiger partial charge is 0.354 e. The molecule has 1 amide bonds. The number of hydrogen-bond donors (Lipinski definition) is 2. The lowest BCUT2D eigenvalue weighted by atomic mass is 10.2. The predicted octanol–water partition coefficient (Wildman–Crippen LogP) is 1.32. The first kappa shape index (κ1) is 14.9. The first-order valence-corrected chi connectivity index (χ1v) is 6.84. The maximum Gasteiger partial charge on any atom is 0.271 e. The fraction of sp³-hybridized carbons (Fsp3) is 0.267. The standard InChI is InChI=1S/C15H19N5O/c1-17-15(21)13-8-9-14(19-18-13)20(11-5-10-16)12-6-3-2-4-7-12/h2-4,6-9H,5,10-11,16H2,1H3,(H,17,21). The van der Waals surface area contributed by atoms with E-state index in [1.54, 1.807) is 19.2 Å². The van der Waals surface area contributed by atoms with Crippen LogP contribution in [0.3, 0.4) is 0 Å². The lowest BCUT2D eigenvalue weighted by Crippen LogP contribution is -2.24. The van der Waals surface area contributed by atoms with E-state index in [9.17, 15) is 4.79 Å². The molecular weight excluding hydrogens is 266 g/mol. The fourth-order valence-electron chi connectivity index (χ4n) is 1.95. The molecule has 0 aliphatic heterocycles. The van der Waals surface area contributed by atoms with Gasteiger partial charge in [0.1, 0.15) is 0 Å². The fourth-order valence-corrected chi connectivity index (χ4v) is 1.95. The van der Waals surface area contributed by atoms with Crippen molar-refractivity contribution in [2.45, 2.75) is 6.42 Å². The molecular formula is C15H19N5O. The molecule has 0 spiro atoms. The zero-order valence-electron chi connectivity index (χ0n) is 12.0. The summed E-state index contributed by atoms with van der Waals surface area (Å²) in [5.74, 6) is 0.449. The summed E-state index contributed by atoms with van der Waals surface area (Å²) >= 11 is 0. The van der Waals surface area contributed by atoms with Gasteiger partial charge in [-0.2, -0.15) is 0 Å². The van der Waals surface area contributed by atoms with E-state index in [2.05, 4.69) is 15.5 Å². The van der Waals surface area contributed by atoms with Crippen LogP contribution in [0.1, 0.15) is 16.9 Å². The van der Waals surface area contributed by atoms with Gasteiger partial charge in [-0.25, -0.2) is 0 Å². The molecule has 2 aromatic rings. The van der Waals surface area contributed by atoms with E-state index in [1.165, 1.54) is 0 Å². The van der Waals surface area contributed by atoms with Crippen molar-refractivity contribution in [1.29, 1.82) is 0 Å². The summed E-state index contributed by atoms with van der Waals surface area (Å²) in [6.45, 7) is 1.35. The van der Waals surface area contributed by atoms with E-state index in [0.29, 0.717) is 18.1 Å². The summed E-state index contributed by atoms with van der Waals surface area (Å²) in [6.07, 6.45) is 0.841. The van der Waals surface area contributed by atoms with Crippen molar-refractivity contribution in [1.82, 2.24) is 15.5 Å². The summed E-state index contributed by atoms with van der Waals surface area (Å²) in [5, 5.41) is 10.6. The Kier molecular flexibility index (Phi) is 5.22. The van der Waals surface area contributed by atoms with Crippen LogP contribution in [-0.4, -0.2) is 36.2 Å². The molecule has 21 heavy (non-hydrogen) atoms. The number of carbonyl (C=O) groups excluding carboxylic acids is 1. The summed E-state index contributed by atoms with van der Waals surface area (Å²) in [5.41, 5.74) is 6.92. The highest BCUT2D eigenvalue weighted by Crippen LogP contribution is 2.22. The predicted molar refractivity (Wildman–Crippen MR) is 82.5 cm³/mol. The van der Waals surface area contributed by atoms with E-state index in [4.69, 9.17) is 5.73 Å². The van der Waals surface area contributed by atoms with E-state index in [1.807, 2.05) is 35.2 Å². The molecule has 0 radical (unpaired) electrons. The van der Waals surface area contributed by atoms with Crippen LogP contribution in [-0.2, 0) is 0 Å². The van der Waals surface area contributed by atoms with Crippen LogP contribution in [0.2, 0.25) is 0 Å². The number of amides is 1. The van der Waals surface area contributed by atoms with Gasteiger partial charge in [0.2, 0.25) is 0 Å². The number of para-hydroxylation sites is 1. The van der Waals surface area contributed by atoms with Crippen molar-refractivity contribution in [3.8, 4) is 0 Å². The van der Waals surface area contributed by atoms with Crippen molar-refractivity contribution in [2.24, 2.45) is 5.73 Å². The van der Waals surface area contributed by atoms with E-state index >= 15 is 0 Å². The van der Waals surface area contributed by atoms with Crippen molar-refractivity contribution >= 4 is 17.4 Å². The van der Waals surface area contributed by atoms with Gasteiger partial charge < -0.3 is 16.0 Å². The topological polar surface area (TPSA) is 84.1 Å². The van der Waals surface area contributed by atoms with E-state index in [-0.39, 0.29) is 5.91 Å². The number of aromatic nitrogens is 2. The van der Waals surface area contributed by atoms with Gasteiger partial charge in [0.25, 0.3) is 5.91 Å². The number of benzene rings is 1. The van der Waals surface area contributed by atoms with Gasteiger partial charge in [0.15, 0.2) is 11.5 Å². The van der Waals surface area contributed by atoms with Crippen molar-refractivity contribution in [2.75, 3.05) is 25.0 Å². The van der Waals surface area contributed by atoms with Crippen molar-refractivity contribution < 1.29 is 4.79 Å². The molecule has 1 aromatic heterocycles. The number of rotatable bonds is 6. The SMILES string of the molecule is CNC(=O)c1ccc(N(CCCN)c2ccccc2)nn1. The van der Waals surface area contributed by atoms with Crippen LogP contribution in [0.15, 0.2) is 42.5 Å². The van der Waals surface area contributed by atoms with Gasteiger partial charge in [-0.3, -0.25) is 4.79 Å². The number of nitrogens with two attached hydrogens (primary N) is 1. The van der Waals surface area contributed by atoms with Crippen LogP contribution in [0.5, 0.6) is 0 Å². The Hall–Kier alpha value is -2.47. The molecule has 0 saturated carbocycles. The molecule has 6 nitrogen and oxygen atoms in total. The Labute approximate surface area is 124 Å².